The summed E-state index contributed by atoms with van der Waals surface area (Å²) in [5.41, 5.74) is 1.88. The Hall–Kier alpha value is -3.35. The van der Waals surface area contributed by atoms with Crippen LogP contribution in [0.4, 0.5) is 0 Å². The number of carbonyl (C=O) groups is 3. The molecule has 1 atom stereocenters. The van der Waals surface area contributed by atoms with Crippen molar-refractivity contribution in [2.45, 2.75) is 19.5 Å². The van der Waals surface area contributed by atoms with Gasteiger partial charge in [0.2, 0.25) is 5.91 Å². The van der Waals surface area contributed by atoms with Crippen LogP contribution in [0.5, 0.6) is 5.75 Å². The molecule has 28 heavy (non-hydrogen) atoms. The van der Waals surface area contributed by atoms with Crippen LogP contribution in [0.25, 0.3) is 0 Å². The Labute approximate surface area is 163 Å². The van der Waals surface area contributed by atoms with E-state index in [1.165, 1.54) is 4.90 Å². The third-order valence-electron chi connectivity index (χ3n) is 4.55. The van der Waals surface area contributed by atoms with Crippen LogP contribution >= 0.6 is 0 Å². The largest absolute Gasteiger partial charge is 0.496 e. The molecule has 1 aliphatic rings. The molecule has 146 valence electrons. The van der Waals surface area contributed by atoms with Gasteiger partial charge in [0.15, 0.2) is 0 Å². The number of amides is 2. The van der Waals surface area contributed by atoms with Gasteiger partial charge in [0.05, 0.1) is 20.3 Å². The maximum absolute atomic E-state index is 13.0. The molecule has 1 N–H and O–H groups in total. The van der Waals surface area contributed by atoms with Crippen LogP contribution < -0.4 is 10.1 Å². The standard InChI is InChI=1S/C21H22N2O5/c1-3-28-18(24)12-22-20(25)19-15-9-5-6-10-16(15)21(26)23(19)13-14-8-4-7-11-17(14)27-2/h4-11,19H,3,12-13H2,1-2H3,(H,22,25). The maximum Gasteiger partial charge on any atom is 0.325 e. The van der Waals surface area contributed by atoms with Gasteiger partial charge in [-0.1, -0.05) is 36.4 Å². The van der Waals surface area contributed by atoms with Crippen LogP contribution in [-0.4, -0.2) is 42.9 Å². The van der Waals surface area contributed by atoms with Crippen molar-refractivity contribution in [3.63, 3.8) is 0 Å². The molecule has 3 rings (SSSR count). The molecule has 7 nitrogen and oxygen atoms in total. The van der Waals surface area contributed by atoms with Gasteiger partial charge in [0, 0.05) is 11.1 Å². The van der Waals surface area contributed by atoms with Crippen molar-refractivity contribution in [2.75, 3.05) is 20.3 Å². The van der Waals surface area contributed by atoms with Crippen molar-refractivity contribution in [2.24, 2.45) is 0 Å². The molecule has 2 aromatic carbocycles. The van der Waals surface area contributed by atoms with Gasteiger partial charge in [-0.3, -0.25) is 14.4 Å². The van der Waals surface area contributed by atoms with Crippen molar-refractivity contribution in [3.05, 3.63) is 65.2 Å². The zero-order chi connectivity index (χ0) is 20.1. The number of fused-ring (bicyclic) bond motifs is 1. The van der Waals surface area contributed by atoms with E-state index < -0.39 is 17.9 Å². The van der Waals surface area contributed by atoms with Gasteiger partial charge in [0.1, 0.15) is 18.3 Å². The highest BCUT2D eigenvalue weighted by Crippen LogP contribution is 2.36. The van der Waals surface area contributed by atoms with E-state index in [0.717, 1.165) is 5.56 Å². The summed E-state index contributed by atoms with van der Waals surface area (Å²) in [5, 5.41) is 2.58. The fourth-order valence-electron chi connectivity index (χ4n) is 3.30. The molecule has 0 fully saturated rings. The molecule has 0 aromatic heterocycles. The molecule has 7 heteroatoms. The number of methoxy groups -OCH3 is 1. The molecule has 2 amide bonds. The second-order valence-corrected chi connectivity index (χ2v) is 6.26. The minimum absolute atomic E-state index is 0.203. The molecule has 1 heterocycles. The minimum Gasteiger partial charge on any atom is -0.496 e. The average Bonchev–Trinajstić information content (AvgIpc) is 2.99. The summed E-state index contributed by atoms with van der Waals surface area (Å²) in [6.07, 6.45) is 0. The lowest BCUT2D eigenvalue weighted by Gasteiger charge is -2.25. The third kappa shape index (κ3) is 3.83. The van der Waals surface area contributed by atoms with Crippen LogP contribution in [0.3, 0.4) is 0 Å². The smallest absolute Gasteiger partial charge is 0.325 e. The first-order valence-corrected chi connectivity index (χ1v) is 9.02. The van der Waals surface area contributed by atoms with Crippen molar-refractivity contribution in [3.8, 4) is 5.75 Å². The zero-order valence-corrected chi connectivity index (χ0v) is 15.8. The highest BCUT2D eigenvalue weighted by molar-refractivity contribution is 6.05. The highest BCUT2D eigenvalue weighted by atomic mass is 16.5. The van der Waals surface area contributed by atoms with E-state index in [0.29, 0.717) is 16.9 Å². The molecule has 1 aliphatic heterocycles. The van der Waals surface area contributed by atoms with Gasteiger partial charge in [-0.2, -0.15) is 0 Å². The summed E-state index contributed by atoms with van der Waals surface area (Å²) < 4.78 is 10.2. The second-order valence-electron chi connectivity index (χ2n) is 6.26. The number of hydrogen-bond acceptors (Lipinski definition) is 5. The Morgan fingerprint density at radius 1 is 1.11 bits per heavy atom. The molecule has 0 bridgehead atoms. The normalized spacial score (nSPS) is 15.1. The number of ether oxygens (including phenoxy) is 2. The van der Waals surface area contributed by atoms with Gasteiger partial charge in [-0.05, 0) is 24.6 Å². The topological polar surface area (TPSA) is 84.9 Å². The quantitative estimate of drug-likeness (QED) is 0.741. The molecule has 0 spiro atoms. The van der Waals surface area contributed by atoms with Crippen molar-refractivity contribution >= 4 is 17.8 Å². The summed E-state index contributed by atoms with van der Waals surface area (Å²) in [4.78, 5) is 38.9. The van der Waals surface area contributed by atoms with E-state index in [9.17, 15) is 14.4 Å². The Balaban J connectivity index is 1.88. The Morgan fingerprint density at radius 2 is 1.82 bits per heavy atom. The Morgan fingerprint density at radius 3 is 2.57 bits per heavy atom. The number of nitrogens with one attached hydrogen (secondary N) is 1. The van der Waals surface area contributed by atoms with Crippen molar-refractivity contribution < 1.29 is 23.9 Å². The molecular formula is C21H22N2O5. The van der Waals surface area contributed by atoms with E-state index in [1.54, 1.807) is 44.4 Å². The fourth-order valence-corrected chi connectivity index (χ4v) is 3.30. The number of carbonyl (C=O) groups excluding carboxylic acids is 3. The second kappa shape index (κ2) is 8.56. The van der Waals surface area contributed by atoms with E-state index in [2.05, 4.69) is 5.32 Å². The van der Waals surface area contributed by atoms with E-state index in [-0.39, 0.29) is 25.6 Å². The zero-order valence-electron chi connectivity index (χ0n) is 15.8. The van der Waals surface area contributed by atoms with Gasteiger partial charge in [-0.25, -0.2) is 0 Å². The van der Waals surface area contributed by atoms with Gasteiger partial charge in [-0.15, -0.1) is 0 Å². The van der Waals surface area contributed by atoms with Crippen LogP contribution in [-0.2, 0) is 20.9 Å². The van der Waals surface area contributed by atoms with Gasteiger partial charge >= 0.3 is 5.97 Å². The summed E-state index contributed by atoms with van der Waals surface area (Å²) in [6, 6.07) is 13.5. The average molecular weight is 382 g/mol. The SMILES string of the molecule is CCOC(=O)CNC(=O)C1c2ccccc2C(=O)N1Cc1ccccc1OC. The predicted molar refractivity (Wildman–Crippen MR) is 102 cm³/mol. The first-order valence-electron chi connectivity index (χ1n) is 9.02. The van der Waals surface area contributed by atoms with Crippen LogP contribution in [0.15, 0.2) is 48.5 Å². The minimum atomic E-state index is -0.831. The Bertz CT molecular complexity index is 896. The summed E-state index contributed by atoms with van der Waals surface area (Å²) >= 11 is 0. The molecule has 0 saturated carbocycles. The van der Waals surface area contributed by atoms with E-state index in [1.807, 2.05) is 18.2 Å². The Kier molecular flexibility index (Phi) is 5.93. The summed E-state index contributed by atoms with van der Waals surface area (Å²) in [6.45, 7) is 1.89. The highest BCUT2D eigenvalue weighted by Gasteiger charge is 2.41. The molecular weight excluding hydrogens is 360 g/mol. The summed E-state index contributed by atoms with van der Waals surface area (Å²) in [5.74, 6) is -0.555. The van der Waals surface area contributed by atoms with Crippen molar-refractivity contribution in [1.82, 2.24) is 10.2 Å². The van der Waals surface area contributed by atoms with Gasteiger partial charge < -0.3 is 19.7 Å². The molecule has 0 saturated heterocycles. The lowest BCUT2D eigenvalue weighted by Crippen LogP contribution is -2.41. The fraction of sp³-hybridized carbons (Fsp3) is 0.286. The van der Waals surface area contributed by atoms with Crippen LogP contribution in [0, 0.1) is 0 Å². The number of benzene rings is 2. The first kappa shape index (κ1) is 19.4. The predicted octanol–water partition coefficient (Wildman–Crippen LogP) is 2.07. The number of nitrogens with zero attached hydrogens (tertiary/aromatic N) is 1. The summed E-state index contributed by atoms with van der Waals surface area (Å²) in [7, 11) is 1.56. The first-order chi connectivity index (χ1) is 13.6. The maximum atomic E-state index is 13.0. The molecule has 1 unspecified atom stereocenters. The number of esters is 1. The monoisotopic (exact) mass is 382 g/mol. The lowest BCUT2D eigenvalue weighted by atomic mass is 10.0. The van der Waals surface area contributed by atoms with E-state index in [4.69, 9.17) is 9.47 Å². The number of hydrogen-bond donors (Lipinski definition) is 1. The number of para-hydroxylation sites is 1. The molecule has 2 aromatic rings. The molecule has 0 aliphatic carbocycles. The van der Waals surface area contributed by atoms with Crippen LogP contribution in [0.1, 0.15) is 34.5 Å². The van der Waals surface area contributed by atoms with Crippen molar-refractivity contribution in [1.29, 1.82) is 0 Å². The van der Waals surface area contributed by atoms with E-state index >= 15 is 0 Å². The lowest BCUT2D eigenvalue weighted by molar-refractivity contribution is -0.143. The third-order valence-corrected chi connectivity index (χ3v) is 4.55. The van der Waals surface area contributed by atoms with Crippen LogP contribution in [0.2, 0.25) is 0 Å². The van der Waals surface area contributed by atoms with Gasteiger partial charge in [0.25, 0.3) is 5.91 Å². The number of rotatable bonds is 7. The molecule has 0 radical (unpaired) electrons.